The van der Waals surface area contributed by atoms with Gasteiger partial charge >= 0.3 is 5.97 Å². The normalized spacial score (nSPS) is 12.4. The Bertz CT molecular complexity index is 361. The van der Waals surface area contributed by atoms with Crippen LogP contribution in [0.5, 0.6) is 0 Å². The van der Waals surface area contributed by atoms with Crippen molar-refractivity contribution in [3.8, 4) is 0 Å². The molecule has 0 amide bonds. The molecule has 0 rings (SSSR count). The zero-order valence-corrected chi connectivity index (χ0v) is 22.6. The third kappa shape index (κ3) is 18.6. The van der Waals surface area contributed by atoms with Gasteiger partial charge in [0.15, 0.2) is 0 Å². The van der Waals surface area contributed by atoms with Crippen molar-refractivity contribution in [2.45, 2.75) is 136 Å². The minimum absolute atomic E-state index is 0. The molecule has 0 aromatic carbocycles. The fourth-order valence-corrected chi connectivity index (χ4v) is 3.95. The first-order valence-electron chi connectivity index (χ1n) is 12.5. The zero-order chi connectivity index (χ0) is 21.1. The molecule has 0 bridgehead atoms. The number of rotatable bonds is 20. The van der Waals surface area contributed by atoms with Gasteiger partial charge in [-0.1, -0.05) is 97.8 Å². The van der Waals surface area contributed by atoms with Gasteiger partial charge in [0, 0.05) is 12.8 Å². The number of ether oxygens (including phenoxy) is 1. The average molecular weight is 526 g/mol. The molecule has 0 aromatic rings. The Balaban J connectivity index is 0. The molecule has 0 saturated heterocycles. The quantitative estimate of drug-likeness (QED) is 0.0762. The van der Waals surface area contributed by atoms with Gasteiger partial charge in [-0.25, -0.2) is 0 Å². The van der Waals surface area contributed by atoms with E-state index >= 15 is 0 Å². The number of carbonyl (C=O) groups excluding carboxylic acids is 1. The van der Waals surface area contributed by atoms with Gasteiger partial charge in [-0.3, -0.25) is 9.28 Å². The van der Waals surface area contributed by atoms with Crippen molar-refractivity contribution in [1.82, 2.24) is 0 Å². The zero-order valence-electron chi connectivity index (χ0n) is 20.4. The Hall–Kier alpha value is 0.160. The van der Waals surface area contributed by atoms with Crippen LogP contribution in [0.2, 0.25) is 0 Å². The smallest absolute Gasteiger partial charge is 0.310 e. The molecule has 0 aromatic heterocycles. The molecule has 0 aliphatic rings. The number of halogens is 1. The fourth-order valence-electron chi connectivity index (χ4n) is 3.95. The second kappa shape index (κ2) is 21.4. The lowest BCUT2D eigenvalue weighted by molar-refractivity contribution is -0.935. The molecule has 1 unspecified atom stereocenters. The van der Waals surface area contributed by atoms with Crippen LogP contribution >= 0.6 is 0 Å². The van der Waals surface area contributed by atoms with Crippen LogP contribution in [-0.4, -0.2) is 37.3 Å². The van der Waals surface area contributed by atoms with E-state index in [4.69, 9.17) is 4.74 Å². The maximum absolute atomic E-state index is 12.3. The molecule has 0 radical (unpaired) electrons. The third-order valence-corrected chi connectivity index (χ3v) is 5.97. The maximum atomic E-state index is 12.3. The van der Waals surface area contributed by atoms with Gasteiger partial charge in [0.1, 0.15) is 0 Å². The molecule has 0 aliphatic carbocycles. The minimum Gasteiger partial charge on any atom is -1.00 e. The van der Waals surface area contributed by atoms with E-state index in [2.05, 4.69) is 34.9 Å². The molecule has 0 N–H and O–H groups in total. The predicted molar refractivity (Wildman–Crippen MR) is 122 cm³/mol. The Morgan fingerprint density at radius 3 is 1.55 bits per heavy atom. The average Bonchev–Trinajstić information content (AvgIpc) is 2.67. The molecule has 0 spiro atoms. The van der Waals surface area contributed by atoms with E-state index in [0.717, 1.165) is 30.3 Å². The minimum atomic E-state index is 0. The Labute approximate surface area is 200 Å². The Kier molecular flexibility index (Phi) is 23.1. The van der Waals surface area contributed by atoms with Crippen LogP contribution in [0.25, 0.3) is 0 Å². The summed E-state index contributed by atoms with van der Waals surface area (Å²) in [6.07, 6.45) is 21.0. The van der Waals surface area contributed by atoms with Gasteiger partial charge < -0.3 is 28.7 Å². The molecule has 176 valence electrons. The van der Waals surface area contributed by atoms with Gasteiger partial charge in [-0.2, -0.15) is 0 Å². The fraction of sp³-hybridized carbons (Fsp3) is 0.960. The van der Waals surface area contributed by atoms with E-state index in [1.807, 2.05) is 0 Å². The van der Waals surface area contributed by atoms with E-state index in [0.29, 0.717) is 6.42 Å². The largest absolute Gasteiger partial charge is 1.00 e. The maximum Gasteiger partial charge on any atom is 0.310 e. The van der Waals surface area contributed by atoms with Crippen molar-refractivity contribution in [2.75, 3.05) is 20.6 Å². The van der Waals surface area contributed by atoms with Crippen molar-refractivity contribution in [3.05, 3.63) is 0 Å². The van der Waals surface area contributed by atoms with Crippen molar-refractivity contribution >= 4 is 5.97 Å². The summed E-state index contributed by atoms with van der Waals surface area (Å²) in [7, 11) is 4.41. The second-order valence-corrected chi connectivity index (χ2v) is 9.20. The van der Waals surface area contributed by atoms with Crippen LogP contribution in [0.4, 0.5) is 0 Å². The number of quaternary nitrogens is 1. The van der Waals surface area contributed by atoms with Gasteiger partial charge in [0.25, 0.3) is 0 Å². The van der Waals surface area contributed by atoms with Crippen molar-refractivity contribution in [2.24, 2.45) is 0 Å². The van der Waals surface area contributed by atoms with Crippen molar-refractivity contribution in [1.29, 1.82) is 0 Å². The lowest BCUT2D eigenvalue weighted by Crippen LogP contribution is -3.00. The lowest BCUT2D eigenvalue weighted by Gasteiger charge is -2.36. The summed E-state index contributed by atoms with van der Waals surface area (Å²) >= 11 is 0. The van der Waals surface area contributed by atoms with Crippen LogP contribution in [0.1, 0.15) is 130 Å². The third-order valence-electron chi connectivity index (χ3n) is 5.97. The van der Waals surface area contributed by atoms with Gasteiger partial charge in [-0.05, 0) is 19.3 Å². The summed E-state index contributed by atoms with van der Waals surface area (Å²) in [6, 6.07) is 0. The molecule has 0 heterocycles. The molecule has 0 aliphatic heterocycles. The molecule has 1 atom stereocenters. The van der Waals surface area contributed by atoms with Crippen LogP contribution in [0.3, 0.4) is 0 Å². The Morgan fingerprint density at radius 2 is 1.10 bits per heavy atom. The number of hydrogen-bond donors (Lipinski definition) is 0. The molecule has 3 nitrogen and oxygen atoms in total. The number of nitrogens with zero attached hydrogens (tertiary/aromatic N) is 1. The molecular formula is C25H52INO2. The van der Waals surface area contributed by atoms with Gasteiger partial charge in [-0.15, -0.1) is 0 Å². The summed E-state index contributed by atoms with van der Waals surface area (Å²) in [5.74, 6) is 0.00234. The summed E-state index contributed by atoms with van der Waals surface area (Å²) in [6.45, 7) is 7.73. The topological polar surface area (TPSA) is 26.3 Å². The molecule has 0 fully saturated rings. The van der Waals surface area contributed by atoms with Crippen LogP contribution in [-0.2, 0) is 9.53 Å². The standard InChI is InChI=1S/C25H52NO2.HI/c1-6-9-11-13-14-15-16-17-18-19-20-22-25(27)28-24(8-3)26(4,5)23-21-12-10-7-2;/h24H,6-23H2,1-5H3;1H/q+1;/p-1. The summed E-state index contributed by atoms with van der Waals surface area (Å²) in [5, 5.41) is 0. The molecular weight excluding hydrogens is 473 g/mol. The van der Waals surface area contributed by atoms with Gasteiger partial charge in [0.2, 0.25) is 6.23 Å². The Morgan fingerprint density at radius 1 is 0.690 bits per heavy atom. The first-order valence-corrected chi connectivity index (χ1v) is 12.5. The number of hydrogen-bond acceptors (Lipinski definition) is 2. The highest BCUT2D eigenvalue weighted by Crippen LogP contribution is 2.17. The van der Waals surface area contributed by atoms with Crippen LogP contribution < -0.4 is 24.0 Å². The van der Waals surface area contributed by atoms with E-state index in [1.54, 1.807) is 0 Å². The van der Waals surface area contributed by atoms with Crippen molar-refractivity contribution < 1.29 is 38.0 Å². The SMILES string of the molecule is CCCCCCCCCCCCCC(=O)OC(CC)[N+](C)(C)CCCCCC.[I-]. The summed E-state index contributed by atoms with van der Waals surface area (Å²) in [5.41, 5.74) is 0. The van der Waals surface area contributed by atoms with E-state index in [1.165, 1.54) is 83.5 Å². The van der Waals surface area contributed by atoms with Crippen molar-refractivity contribution in [3.63, 3.8) is 0 Å². The number of unbranched alkanes of at least 4 members (excludes halogenated alkanes) is 13. The summed E-state index contributed by atoms with van der Waals surface area (Å²) in [4.78, 5) is 12.3. The highest BCUT2D eigenvalue weighted by atomic mass is 127. The summed E-state index contributed by atoms with van der Waals surface area (Å²) < 4.78 is 6.64. The molecule has 0 saturated carbocycles. The predicted octanol–water partition coefficient (Wildman–Crippen LogP) is 4.63. The van der Waals surface area contributed by atoms with Crippen LogP contribution in [0.15, 0.2) is 0 Å². The first kappa shape index (κ1) is 31.3. The lowest BCUT2D eigenvalue weighted by atomic mass is 10.1. The highest BCUT2D eigenvalue weighted by Gasteiger charge is 2.29. The highest BCUT2D eigenvalue weighted by molar-refractivity contribution is 5.69. The molecule has 29 heavy (non-hydrogen) atoms. The van der Waals surface area contributed by atoms with E-state index in [-0.39, 0.29) is 36.2 Å². The molecule has 4 heteroatoms. The number of esters is 1. The first-order chi connectivity index (χ1) is 13.5. The number of carbonyl (C=O) groups is 1. The monoisotopic (exact) mass is 525 g/mol. The van der Waals surface area contributed by atoms with E-state index < -0.39 is 0 Å². The van der Waals surface area contributed by atoms with Gasteiger partial charge in [0.05, 0.1) is 20.6 Å². The van der Waals surface area contributed by atoms with Crippen LogP contribution in [0, 0.1) is 0 Å². The van der Waals surface area contributed by atoms with E-state index in [9.17, 15) is 4.79 Å². The second-order valence-electron chi connectivity index (χ2n) is 9.20.